The van der Waals surface area contributed by atoms with Crippen LogP contribution in [-0.4, -0.2) is 79.9 Å². The van der Waals surface area contributed by atoms with E-state index in [0.29, 0.717) is 37.6 Å². The van der Waals surface area contributed by atoms with Gasteiger partial charge < -0.3 is 24.2 Å². The number of likely N-dealkylation sites (N-methyl/N-ethyl adjacent to an activating group) is 1. The Morgan fingerprint density at radius 1 is 1.26 bits per heavy atom. The number of benzene rings is 1. The van der Waals surface area contributed by atoms with E-state index >= 15 is 0 Å². The zero-order valence-corrected chi connectivity index (χ0v) is 18.0. The molecule has 2 heterocycles. The van der Waals surface area contributed by atoms with Crippen LogP contribution in [0.15, 0.2) is 24.3 Å². The van der Waals surface area contributed by atoms with Crippen molar-refractivity contribution in [2.75, 3.05) is 51.3 Å². The van der Waals surface area contributed by atoms with E-state index in [1.807, 2.05) is 12.1 Å². The molecular weight excluding hydrogens is 402 g/mol. The lowest BCUT2D eigenvalue weighted by Crippen LogP contribution is -2.47. The van der Waals surface area contributed by atoms with Gasteiger partial charge in [-0.2, -0.15) is 0 Å². The second kappa shape index (κ2) is 10.3. The summed E-state index contributed by atoms with van der Waals surface area (Å²) in [7, 11) is 1.57. The number of likely N-dealkylation sites (tertiary alicyclic amines) is 1. The minimum Gasteiger partial charge on any atom is -0.482 e. The Hall–Kier alpha value is -3.10. The predicted octanol–water partition coefficient (Wildman–Crippen LogP) is 1.06. The van der Waals surface area contributed by atoms with Gasteiger partial charge in [0.2, 0.25) is 11.8 Å². The van der Waals surface area contributed by atoms with Crippen molar-refractivity contribution in [1.82, 2.24) is 9.80 Å². The maximum Gasteiger partial charge on any atom is 0.310 e. The van der Waals surface area contributed by atoms with E-state index in [0.717, 1.165) is 6.42 Å². The number of nitrogens with zero attached hydrogens (tertiary/aromatic N) is 3. The number of hydrogen-bond donors (Lipinski definition) is 0. The number of piperidine rings is 1. The van der Waals surface area contributed by atoms with E-state index in [9.17, 15) is 19.2 Å². The molecule has 1 fully saturated rings. The average Bonchev–Trinajstić information content (AvgIpc) is 2.78. The number of hydrogen-bond acceptors (Lipinski definition) is 6. The molecule has 1 atom stereocenters. The number of carbonyl (C=O) groups is 4. The molecule has 0 saturated carbocycles. The highest BCUT2D eigenvalue weighted by atomic mass is 16.5. The topological polar surface area (TPSA) is 96.5 Å². The molecule has 0 aromatic heterocycles. The van der Waals surface area contributed by atoms with Gasteiger partial charge >= 0.3 is 5.97 Å². The van der Waals surface area contributed by atoms with Crippen molar-refractivity contribution in [2.45, 2.75) is 26.2 Å². The van der Waals surface area contributed by atoms with E-state index in [1.54, 1.807) is 35.9 Å². The van der Waals surface area contributed by atoms with Crippen molar-refractivity contribution < 1.29 is 28.7 Å². The molecule has 9 nitrogen and oxygen atoms in total. The molecule has 0 N–H and O–H groups in total. The van der Waals surface area contributed by atoms with Crippen molar-refractivity contribution in [3.05, 3.63) is 24.3 Å². The van der Waals surface area contributed by atoms with E-state index in [2.05, 4.69) is 0 Å². The Balaban J connectivity index is 1.51. The number of rotatable bonds is 7. The monoisotopic (exact) mass is 431 g/mol. The predicted molar refractivity (Wildman–Crippen MR) is 112 cm³/mol. The first-order valence-corrected chi connectivity index (χ1v) is 10.6. The lowest BCUT2D eigenvalue weighted by atomic mass is 9.98. The van der Waals surface area contributed by atoms with Gasteiger partial charge in [0.15, 0.2) is 6.61 Å². The van der Waals surface area contributed by atoms with E-state index in [-0.39, 0.29) is 55.7 Å². The normalized spacial score (nSPS) is 18.1. The summed E-state index contributed by atoms with van der Waals surface area (Å²) in [4.78, 5) is 54.0. The molecule has 0 radical (unpaired) electrons. The summed E-state index contributed by atoms with van der Waals surface area (Å²) in [6, 6.07) is 7.19. The van der Waals surface area contributed by atoms with Gasteiger partial charge in [-0.05, 0) is 31.9 Å². The number of anilines is 1. The van der Waals surface area contributed by atoms with Crippen LogP contribution in [0.3, 0.4) is 0 Å². The molecule has 31 heavy (non-hydrogen) atoms. The number of fused-ring (bicyclic) bond motifs is 1. The number of amides is 3. The smallest absolute Gasteiger partial charge is 0.310 e. The Morgan fingerprint density at radius 3 is 2.81 bits per heavy atom. The molecule has 0 bridgehead atoms. The summed E-state index contributed by atoms with van der Waals surface area (Å²) in [5.41, 5.74) is 0.642. The lowest BCUT2D eigenvalue weighted by molar-refractivity contribution is -0.152. The molecule has 9 heteroatoms. The number of esters is 1. The fourth-order valence-electron chi connectivity index (χ4n) is 3.84. The van der Waals surface area contributed by atoms with Gasteiger partial charge in [0.05, 0.1) is 24.8 Å². The molecule has 2 aliphatic rings. The molecule has 168 valence electrons. The van der Waals surface area contributed by atoms with Crippen LogP contribution in [0.4, 0.5) is 5.69 Å². The fourth-order valence-corrected chi connectivity index (χ4v) is 3.84. The van der Waals surface area contributed by atoms with Crippen molar-refractivity contribution in [3.8, 4) is 5.75 Å². The molecule has 0 aliphatic carbocycles. The maximum atomic E-state index is 12.7. The summed E-state index contributed by atoms with van der Waals surface area (Å²) in [6.45, 7) is 3.04. The second-order valence-corrected chi connectivity index (χ2v) is 7.73. The molecule has 0 spiro atoms. The molecule has 3 amide bonds. The van der Waals surface area contributed by atoms with Gasteiger partial charge in [-0.25, -0.2) is 0 Å². The average molecular weight is 431 g/mol. The standard InChI is InChI=1S/C22H29N3O6/c1-3-30-22(29)16-7-6-11-24(13-16)20(27)14-23(2)19(26)10-12-25-17-8-4-5-9-18(17)31-15-21(25)28/h4-5,8-9,16H,3,6-7,10-15H2,1-2H3. The third-order valence-corrected chi connectivity index (χ3v) is 5.55. The fraction of sp³-hybridized carbons (Fsp3) is 0.545. The van der Waals surface area contributed by atoms with Crippen LogP contribution in [-0.2, 0) is 23.9 Å². The van der Waals surface area contributed by atoms with Crippen LogP contribution in [0, 0.1) is 5.92 Å². The quantitative estimate of drug-likeness (QED) is 0.599. The van der Waals surface area contributed by atoms with E-state index < -0.39 is 0 Å². The molecule has 1 saturated heterocycles. The Morgan fingerprint density at radius 2 is 2.03 bits per heavy atom. The molecule has 3 rings (SSSR count). The van der Waals surface area contributed by atoms with Crippen LogP contribution >= 0.6 is 0 Å². The van der Waals surface area contributed by atoms with Crippen molar-refractivity contribution >= 4 is 29.4 Å². The molecule has 2 aliphatic heterocycles. The van der Waals surface area contributed by atoms with Gasteiger partial charge in [-0.1, -0.05) is 12.1 Å². The molecule has 1 aromatic carbocycles. The number of ether oxygens (including phenoxy) is 2. The third kappa shape index (κ3) is 5.53. The minimum atomic E-state index is -0.314. The van der Waals surface area contributed by atoms with Gasteiger partial charge in [-0.3, -0.25) is 19.2 Å². The van der Waals surface area contributed by atoms with Crippen molar-refractivity contribution in [2.24, 2.45) is 5.92 Å². The van der Waals surface area contributed by atoms with Crippen LogP contribution in [0.2, 0.25) is 0 Å². The summed E-state index contributed by atoms with van der Waals surface area (Å²) < 4.78 is 10.5. The molecule has 1 aromatic rings. The SMILES string of the molecule is CCOC(=O)C1CCCN(C(=O)CN(C)C(=O)CCN2C(=O)COc3ccccc32)C1. The molecular formula is C22H29N3O6. The number of para-hydroxylation sites is 2. The zero-order chi connectivity index (χ0) is 22.4. The first-order valence-electron chi connectivity index (χ1n) is 10.6. The molecule has 1 unspecified atom stereocenters. The van der Waals surface area contributed by atoms with Crippen LogP contribution in [0.5, 0.6) is 5.75 Å². The Kier molecular flexibility index (Phi) is 7.49. The first-order chi connectivity index (χ1) is 14.9. The third-order valence-electron chi connectivity index (χ3n) is 5.55. The van der Waals surface area contributed by atoms with Crippen molar-refractivity contribution in [1.29, 1.82) is 0 Å². The van der Waals surface area contributed by atoms with E-state index in [1.165, 1.54) is 4.90 Å². The highest BCUT2D eigenvalue weighted by Crippen LogP contribution is 2.31. The van der Waals surface area contributed by atoms with Crippen LogP contribution in [0.1, 0.15) is 26.2 Å². The summed E-state index contributed by atoms with van der Waals surface area (Å²) in [6.07, 6.45) is 1.52. The Bertz CT molecular complexity index is 842. The summed E-state index contributed by atoms with van der Waals surface area (Å²) in [5, 5.41) is 0. The zero-order valence-electron chi connectivity index (χ0n) is 18.0. The minimum absolute atomic E-state index is 0.0594. The number of carbonyl (C=O) groups excluding carboxylic acids is 4. The van der Waals surface area contributed by atoms with E-state index in [4.69, 9.17) is 9.47 Å². The lowest BCUT2D eigenvalue weighted by Gasteiger charge is -2.33. The maximum absolute atomic E-state index is 12.7. The van der Waals surface area contributed by atoms with Gasteiger partial charge in [-0.15, -0.1) is 0 Å². The van der Waals surface area contributed by atoms with Gasteiger partial charge in [0, 0.05) is 33.1 Å². The van der Waals surface area contributed by atoms with Gasteiger partial charge in [0.1, 0.15) is 5.75 Å². The highest BCUT2D eigenvalue weighted by molar-refractivity contribution is 5.98. The van der Waals surface area contributed by atoms with Crippen molar-refractivity contribution in [3.63, 3.8) is 0 Å². The van der Waals surface area contributed by atoms with Crippen LogP contribution < -0.4 is 9.64 Å². The summed E-state index contributed by atoms with van der Waals surface area (Å²) >= 11 is 0. The van der Waals surface area contributed by atoms with Crippen LogP contribution in [0.25, 0.3) is 0 Å². The Labute approximate surface area is 181 Å². The highest BCUT2D eigenvalue weighted by Gasteiger charge is 2.30. The first kappa shape index (κ1) is 22.6. The van der Waals surface area contributed by atoms with Gasteiger partial charge in [0.25, 0.3) is 5.91 Å². The second-order valence-electron chi connectivity index (χ2n) is 7.73. The summed E-state index contributed by atoms with van der Waals surface area (Å²) in [5.74, 6) is -0.615. The largest absolute Gasteiger partial charge is 0.482 e.